The van der Waals surface area contributed by atoms with Crippen LogP contribution in [0.25, 0.3) is 11.8 Å². The number of carbonyl (C=O) groups excluding carboxylic acids is 1. The number of esters is 1. The molecule has 10 heteroatoms. The molecule has 1 aromatic heterocycles. The third-order valence-corrected chi connectivity index (χ3v) is 8.62. The summed E-state index contributed by atoms with van der Waals surface area (Å²) in [4.78, 5) is 44.4. The van der Waals surface area contributed by atoms with Crippen molar-refractivity contribution in [3.63, 3.8) is 0 Å². The van der Waals surface area contributed by atoms with E-state index in [0.29, 0.717) is 38.7 Å². The lowest BCUT2D eigenvalue weighted by Crippen LogP contribution is -2.40. The van der Waals surface area contributed by atoms with E-state index >= 15 is 0 Å². The van der Waals surface area contributed by atoms with Crippen LogP contribution in [-0.2, 0) is 16.1 Å². The smallest absolute Gasteiger partial charge is 0.338 e. The predicted octanol–water partition coefficient (Wildman–Crippen LogP) is 5.61. The minimum Gasteiger partial charge on any atom is -0.494 e. The van der Waals surface area contributed by atoms with Crippen molar-refractivity contribution >= 4 is 35.0 Å². The van der Waals surface area contributed by atoms with Crippen LogP contribution in [0.2, 0.25) is 0 Å². The number of carboxylic acid groups (broad SMARTS) is 1. The number of carboxylic acids is 1. The molecule has 0 radical (unpaired) electrons. The van der Waals surface area contributed by atoms with Crippen LogP contribution >= 0.6 is 11.3 Å². The van der Waals surface area contributed by atoms with Gasteiger partial charge in [-0.2, -0.15) is 0 Å². The molecule has 0 unspecified atom stereocenters. The van der Waals surface area contributed by atoms with Crippen LogP contribution in [0.3, 0.4) is 0 Å². The Morgan fingerprint density at radius 1 is 0.875 bits per heavy atom. The number of fused-ring (bicyclic) bond motifs is 1. The molecule has 0 fully saturated rings. The molecule has 9 nitrogen and oxygen atoms in total. The first-order chi connectivity index (χ1) is 23.4. The number of thiazole rings is 1. The first-order valence-electron chi connectivity index (χ1n) is 15.4. The average molecular weight is 661 g/mol. The van der Waals surface area contributed by atoms with Gasteiger partial charge in [-0.3, -0.25) is 9.36 Å². The Hall–Kier alpha value is -5.74. The van der Waals surface area contributed by atoms with E-state index in [9.17, 15) is 19.5 Å². The first-order valence-corrected chi connectivity index (χ1v) is 16.2. The summed E-state index contributed by atoms with van der Waals surface area (Å²) in [6.45, 7) is 4.53. The van der Waals surface area contributed by atoms with Crippen molar-refractivity contribution in [2.24, 2.45) is 4.99 Å². The Morgan fingerprint density at radius 3 is 2.27 bits per heavy atom. The van der Waals surface area contributed by atoms with E-state index in [0.717, 1.165) is 16.7 Å². The fourth-order valence-electron chi connectivity index (χ4n) is 5.44. The van der Waals surface area contributed by atoms with Gasteiger partial charge >= 0.3 is 11.9 Å². The summed E-state index contributed by atoms with van der Waals surface area (Å²) >= 11 is 1.25. The van der Waals surface area contributed by atoms with Gasteiger partial charge < -0.3 is 19.3 Å². The van der Waals surface area contributed by atoms with E-state index in [-0.39, 0.29) is 29.9 Å². The first kappa shape index (κ1) is 32.2. The SMILES string of the molecule is CCOC(=O)C1=C(c2ccccc2)N=c2s/c(=C\c3ccc(OCc4cccc(C(=O)O)c4)cc3)c(=O)n2[C@H]1c1ccc(OCC)cc1. The molecule has 0 bridgehead atoms. The van der Waals surface area contributed by atoms with Crippen LogP contribution in [0.5, 0.6) is 11.5 Å². The lowest BCUT2D eigenvalue weighted by Gasteiger charge is -2.26. The molecular formula is C38H32N2O7S. The average Bonchev–Trinajstić information content (AvgIpc) is 3.42. The molecule has 6 rings (SSSR count). The lowest BCUT2D eigenvalue weighted by molar-refractivity contribution is -0.138. The summed E-state index contributed by atoms with van der Waals surface area (Å²) in [7, 11) is 0. The van der Waals surface area contributed by atoms with Crippen molar-refractivity contribution in [3.05, 3.63) is 156 Å². The number of hydrogen-bond acceptors (Lipinski definition) is 8. The third kappa shape index (κ3) is 6.84. The number of aromatic nitrogens is 1. The molecule has 1 N–H and O–H groups in total. The van der Waals surface area contributed by atoms with Crippen molar-refractivity contribution < 1.29 is 28.9 Å². The van der Waals surface area contributed by atoms with Gasteiger partial charge in [0.25, 0.3) is 5.56 Å². The molecule has 4 aromatic carbocycles. The molecule has 0 amide bonds. The molecule has 0 saturated carbocycles. The molecular weight excluding hydrogens is 628 g/mol. The zero-order valence-electron chi connectivity index (χ0n) is 26.3. The summed E-state index contributed by atoms with van der Waals surface area (Å²) < 4.78 is 19.1. The van der Waals surface area contributed by atoms with Gasteiger partial charge in [0.2, 0.25) is 0 Å². The highest BCUT2D eigenvalue weighted by Gasteiger charge is 2.35. The van der Waals surface area contributed by atoms with E-state index in [4.69, 9.17) is 19.2 Å². The summed E-state index contributed by atoms with van der Waals surface area (Å²) in [5.74, 6) is -0.263. The number of aromatic carboxylic acids is 1. The highest BCUT2D eigenvalue weighted by atomic mass is 32.1. The maximum atomic E-state index is 14.2. The van der Waals surface area contributed by atoms with Crippen LogP contribution in [0, 0.1) is 0 Å². The molecule has 0 aliphatic carbocycles. The number of carbonyl (C=O) groups is 2. The second-order valence-electron chi connectivity index (χ2n) is 10.8. The van der Waals surface area contributed by atoms with Crippen molar-refractivity contribution in [3.8, 4) is 11.5 Å². The molecule has 242 valence electrons. The van der Waals surface area contributed by atoms with Gasteiger partial charge in [-0.25, -0.2) is 14.6 Å². The van der Waals surface area contributed by atoms with Crippen molar-refractivity contribution in [2.45, 2.75) is 26.5 Å². The van der Waals surface area contributed by atoms with Crippen LogP contribution in [0.4, 0.5) is 0 Å². The van der Waals surface area contributed by atoms with Gasteiger partial charge in [0.05, 0.1) is 40.6 Å². The van der Waals surface area contributed by atoms with E-state index in [1.54, 1.807) is 47.9 Å². The van der Waals surface area contributed by atoms with E-state index in [2.05, 4.69) is 0 Å². The number of hydrogen-bond donors (Lipinski definition) is 1. The number of nitrogens with zero attached hydrogens (tertiary/aromatic N) is 2. The Bertz CT molecular complexity index is 2170. The lowest BCUT2D eigenvalue weighted by atomic mass is 9.93. The Balaban J connectivity index is 1.40. The van der Waals surface area contributed by atoms with Gasteiger partial charge in [-0.15, -0.1) is 0 Å². The van der Waals surface area contributed by atoms with Crippen LogP contribution in [0.15, 0.2) is 118 Å². The molecule has 1 atom stereocenters. The topological polar surface area (TPSA) is 116 Å². The fraction of sp³-hybridized carbons (Fsp3) is 0.158. The minimum absolute atomic E-state index is 0.166. The number of benzene rings is 4. The third-order valence-electron chi connectivity index (χ3n) is 7.64. The highest BCUT2D eigenvalue weighted by molar-refractivity contribution is 7.07. The monoisotopic (exact) mass is 660 g/mol. The van der Waals surface area contributed by atoms with E-state index in [1.165, 1.54) is 17.4 Å². The highest BCUT2D eigenvalue weighted by Crippen LogP contribution is 2.35. The summed E-state index contributed by atoms with van der Waals surface area (Å²) in [6.07, 6.45) is 1.79. The summed E-state index contributed by atoms with van der Waals surface area (Å²) in [6, 6.07) is 29.8. The zero-order chi connectivity index (χ0) is 33.6. The van der Waals surface area contributed by atoms with Gasteiger partial charge in [0, 0.05) is 5.56 Å². The number of rotatable bonds is 11. The largest absolute Gasteiger partial charge is 0.494 e. The predicted molar refractivity (Wildman–Crippen MR) is 183 cm³/mol. The number of ether oxygens (including phenoxy) is 3. The van der Waals surface area contributed by atoms with Crippen molar-refractivity contribution in [1.29, 1.82) is 0 Å². The van der Waals surface area contributed by atoms with Crippen molar-refractivity contribution in [2.75, 3.05) is 13.2 Å². The molecule has 2 heterocycles. The van der Waals surface area contributed by atoms with Gasteiger partial charge in [0.15, 0.2) is 4.80 Å². The Kier molecular flexibility index (Phi) is 9.63. The van der Waals surface area contributed by atoms with E-state index < -0.39 is 18.0 Å². The normalized spacial score (nSPS) is 14.2. The molecule has 0 spiro atoms. The molecule has 1 aliphatic heterocycles. The quantitative estimate of drug-likeness (QED) is 0.183. The minimum atomic E-state index is -0.995. The molecule has 48 heavy (non-hydrogen) atoms. The van der Waals surface area contributed by atoms with Gasteiger partial charge in [0.1, 0.15) is 18.1 Å². The summed E-state index contributed by atoms with van der Waals surface area (Å²) in [5, 5.41) is 9.24. The maximum absolute atomic E-state index is 14.2. The van der Waals surface area contributed by atoms with Crippen LogP contribution in [-0.4, -0.2) is 34.8 Å². The van der Waals surface area contributed by atoms with Crippen LogP contribution < -0.4 is 24.4 Å². The Labute approximate surface area is 280 Å². The fourth-order valence-corrected chi connectivity index (χ4v) is 6.44. The second-order valence-corrected chi connectivity index (χ2v) is 11.8. The molecule has 1 aliphatic rings. The standard InChI is InChI=1S/C38H32N2O7S/c1-3-45-29-19-15-27(16-20-29)34-32(37(44)46-4-2)33(26-10-6-5-7-11-26)39-38-40(34)35(41)31(48-38)22-24-13-17-30(18-14-24)47-23-25-9-8-12-28(21-25)36(42)43/h5-22,34H,3-4,23H2,1-2H3,(H,42,43)/b31-22-/t34-/m0/s1. The molecule has 5 aromatic rings. The second kappa shape index (κ2) is 14.4. The Morgan fingerprint density at radius 2 is 1.58 bits per heavy atom. The van der Waals surface area contributed by atoms with Crippen molar-refractivity contribution in [1.82, 2.24) is 4.57 Å². The summed E-state index contributed by atoms with van der Waals surface area (Å²) in [5.41, 5.74) is 3.60. The zero-order valence-corrected chi connectivity index (χ0v) is 27.1. The van der Waals surface area contributed by atoms with Gasteiger partial charge in [-0.05, 0) is 73.0 Å². The van der Waals surface area contributed by atoms with Crippen LogP contribution in [0.1, 0.15) is 52.5 Å². The van der Waals surface area contributed by atoms with Gasteiger partial charge in [-0.1, -0.05) is 78.1 Å². The molecule has 0 saturated heterocycles. The van der Waals surface area contributed by atoms with E-state index in [1.807, 2.05) is 73.7 Å². The maximum Gasteiger partial charge on any atom is 0.338 e.